The summed E-state index contributed by atoms with van der Waals surface area (Å²) < 4.78 is 0. The lowest BCUT2D eigenvalue weighted by Gasteiger charge is -2.22. The maximum Gasteiger partial charge on any atom is 0.220 e. The predicted octanol–water partition coefficient (Wildman–Crippen LogP) is 2.47. The van der Waals surface area contributed by atoms with Gasteiger partial charge < -0.3 is 10.2 Å². The van der Waals surface area contributed by atoms with Crippen molar-refractivity contribution in [2.75, 3.05) is 6.54 Å². The van der Waals surface area contributed by atoms with Gasteiger partial charge in [0.1, 0.15) is 0 Å². The highest BCUT2D eigenvalue weighted by atomic mass is 32.1. The second-order valence-electron chi connectivity index (χ2n) is 6.16. The quantitative estimate of drug-likeness (QED) is 0.861. The van der Waals surface area contributed by atoms with Gasteiger partial charge in [0.15, 0.2) is 0 Å². The number of likely N-dealkylation sites (tertiary alicyclic amines) is 1. The zero-order valence-corrected chi connectivity index (χ0v) is 15.1. The van der Waals surface area contributed by atoms with Crippen LogP contribution in [-0.4, -0.2) is 33.2 Å². The number of carbonyl (C=O) groups is 2. The van der Waals surface area contributed by atoms with Gasteiger partial charge in [0, 0.05) is 24.8 Å². The molecule has 1 aliphatic heterocycles. The molecule has 0 unspecified atom stereocenters. The van der Waals surface area contributed by atoms with Crippen LogP contribution in [0.2, 0.25) is 0 Å². The molecule has 1 atom stereocenters. The van der Waals surface area contributed by atoms with Crippen LogP contribution in [-0.2, 0) is 22.6 Å². The molecule has 6 nitrogen and oxygen atoms in total. The van der Waals surface area contributed by atoms with E-state index in [9.17, 15) is 9.59 Å². The minimum Gasteiger partial charge on any atom is -0.350 e. The number of hydrogen-bond acceptors (Lipinski definition) is 5. The van der Waals surface area contributed by atoms with Gasteiger partial charge in [-0.15, -0.1) is 11.3 Å². The number of nitrogens with zero attached hydrogens (tertiary/aromatic N) is 3. The summed E-state index contributed by atoms with van der Waals surface area (Å²) in [5.41, 5.74) is 1.52. The van der Waals surface area contributed by atoms with Gasteiger partial charge in [-0.3, -0.25) is 19.6 Å². The molecule has 0 radical (unpaired) electrons. The molecule has 1 fully saturated rings. The molecule has 2 aromatic rings. The van der Waals surface area contributed by atoms with Crippen LogP contribution in [0, 0.1) is 0 Å². The molecule has 0 bridgehead atoms. The van der Waals surface area contributed by atoms with Crippen molar-refractivity contribution in [3.8, 4) is 0 Å². The van der Waals surface area contributed by atoms with Crippen LogP contribution >= 0.6 is 11.3 Å². The Morgan fingerprint density at radius 2 is 2.28 bits per heavy atom. The van der Waals surface area contributed by atoms with Crippen molar-refractivity contribution in [1.82, 2.24) is 20.2 Å². The first-order chi connectivity index (χ1) is 12.1. The fourth-order valence-corrected chi connectivity index (χ4v) is 3.80. The lowest BCUT2D eigenvalue weighted by molar-refractivity contribution is -0.129. The zero-order valence-electron chi connectivity index (χ0n) is 14.3. The van der Waals surface area contributed by atoms with Crippen LogP contribution in [0.1, 0.15) is 48.5 Å². The zero-order chi connectivity index (χ0) is 17.6. The van der Waals surface area contributed by atoms with Crippen LogP contribution in [0.3, 0.4) is 0 Å². The van der Waals surface area contributed by atoms with E-state index in [4.69, 9.17) is 0 Å². The lowest BCUT2D eigenvalue weighted by Crippen LogP contribution is -2.29. The third-order valence-corrected chi connectivity index (χ3v) is 5.28. The summed E-state index contributed by atoms with van der Waals surface area (Å²) >= 11 is 1.66. The van der Waals surface area contributed by atoms with Gasteiger partial charge in [-0.1, -0.05) is 6.07 Å². The van der Waals surface area contributed by atoms with Crippen molar-refractivity contribution in [3.05, 3.63) is 46.2 Å². The number of amides is 2. The third-order valence-electron chi connectivity index (χ3n) is 4.35. The van der Waals surface area contributed by atoms with Crippen molar-refractivity contribution < 1.29 is 9.59 Å². The van der Waals surface area contributed by atoms with E-state index < -0.39 is 0 Å². The van der Waals surface area contributed by atoms with Gasteiger partial charge in [-0.25, -0.2) is 0 Å². The van der Waals surface area contributed by atoms with E-state index in [1.54, 1.807) is 30.7 Å². The van der Waals surface area contributed by atoms with Crippen molar-refractivity contribution in [2.45, 2.75) is 45.2 Å². The Bertz CT molecular complexity index is 732. The Hall–Kier alpha value is -2.28. The maximum atomic E-state index is 12.0. The van der Waals surface area contributed by atoms with E-state index in [1.165, 1.54) is 4.88 Å². The molecule has 0 aliphatic carbocycles. The molecule has 0 aromatic carbocycles. The Kier molecular flexibility index (Phi) is 5.75. The molecule has 3 rings (SSSR count). The second-order valence-corrected chi connectivity index (χ2v) is 7.19. The van der Waals surface area contributed by atoms with Gasteiger partial charge >= 0.3 is 0 Å². The minimum absolute atomic E-state index is 0.000481. The summed E-state index contributed by atoms with van der Waals surface area (Å²) in [4.78, 5) is 35.6. The summed E-state index contributed by atoms with van der Waals surface area (Å²) in [5.74, 6) is 0.0726. The Labute approximate surface area is 151 Å². The Morgan fingerprint density at radius 1 is 1.40 bits per heavy atom. The van der Waals surface area contributed by atoms with Gasteiger partial charge in [0.2, 0.25) is 11.8 Å². The molecule has 0 saturated carbocycles. The summed E-state index contributed by atoms with van der Waals surface area (Å²) in [6, 6.07) is 4.03. The maximum absolute atomic E-state index is 12.0. The first-order valence-corrected chi connectivity index (χ1v) is 9.38. The van der Waals surface area contributed by atoms with E-state index in [2.05, 4.69) is 15.3 Å². The number of thiophene rings is 1. The van der Waals surface area contributed by atoms with Crippen molar-refractivity contribution in [1.29, 1.82) is 0 Å². The number of aromatic nitrogens is 2. The SMILES string of the molecule is CC(=O)N1CCC[C@H]1c1cncc(CNC(=O)CCc2cccs2)n1. The normalized spacial score (nSPS) is 16.8. The first-order valence-electron chi connectivity index (χ1n) is 8.50. The highest BCUT2D eigenvalue weighted by molar-refractivity contribution is 7.09. The molecular formula is C18H22N4O2S. The van der Waals surface area contributed by atoms with Gasteiger partial charge in [0.25, 0.3) is 0 Å². The topological polar surface area (TPSA) is 75.2 Å². The highest BCUT2D eigenvalue weighted by Crippen LogP contribution is 2.30. The van der Waals surface area contributed by atoms with Crippen LogP contribution in [0.5, 0.6) is 0 Å². The van der Waals surface area contributed by atoms with Crippen LogP contribution in [0.4, 0.5) is 0 Å². The third kappa shape index (κ3) is 4.63. The summed E-state index contributed by atoms with van der Waals surface area (Å²) in [7, 11) is 0. The number of aryl methyl sites for hydroxylation is 1. The summed E-state index contributed by atoms with van der Waals surface area (Å²) in [6.45, 7) is 2.71. The molecule has 0 spiro atoms. The molecule has 7 heteroatoms. The van der Waals surface area contributed by atoms with Gasteiger partial charge in [-0.05, 0) is 30.7 Å². The summed E-state index contributed by atoms with van der Waals surface area (Å²) in [6.07, 6.45) is 6.49. The molecule has 25 heavy (non-hydrogen) atoms. The van der Waals surface area contributed by atoms with Crippen LogP contribution in [0.25, 0.3) is 0 Å². The fourth-order valence-electron chi connectivity index (χ4n) is 3.09. The van der Waals surface area contributed by atoms with E-state index in [0.29, 0.717) is 13.0 Å². The van der Waals surface area contributed by atoms with E-state index in [0.717, 1.165) is 37.2 Å². The fraction of sp³-hybridized carbons (Fsp3) is 0.444. The van der Waals surface area contributed by atoms with Crippen molar-refractivity contribution in [3.63, 3.8) is 0 Å². The number of carbonyl (C=O) groups excluding carboxylic acids is 2. The van der Waals surface area contributed by atoms with Gasteiger partial charge in [0.05, 0.1) is 36.4 Å². The Morgan fingerprint density at radius 3 is 3.04 bits per heavy atom. The van der Waals surface area contributed by atoms with Crippen LogP contribution in [0.15, 0.2) is 29.9 Å². The number of hydrogen-bond donors (Lipinski definition) is 1. The first kappa shape index (κ1) is 17.5. The van der Waals surface area contributed by atoms with Crippen molar-refractivity contribution in [2.24, 2.45) is 0 Å². The molecular weight excluding hydrogens is 336 g/mol. The minimum atomic E-state index is -0.000481. The largest absolute Gasteiger partial charge is 0.350 e. The molecule has 2 aromatic heterocycles. The average Bonchev–Trinajstić information content (AvgIpc) is 3.29. The molecule has 2 amide bonds. The number of nitrogens with one attached hydrogen (secondary N) is 1. The van der Waals surface area contributed by atoms with Crippen molar-refractivity contribution >= 4 is 23.2 Å². The molecule has 1 aliphatic rings. The van der Waals surface area contributed by atoms with Crippen LogP contribution < -0.4 is 5.32 Å². The smallest absolute Gasteiger partial charge is 0.220 e. The van der Waals surface area contributed by atoms with E-state index >= 15 is 0 Å². The standard InChI is InChI=1S/C18H22N4O2S/c1-13(23)22-8-2-5-17(22)16-12-19-10-14(21-16)11-20-18(24)7-6-15-4-3-9-25-15/h3-4,9-10,12,17H,2,5-8,11H2,1H3,(H,20,24)/t17-/m0/s1. The monoisotopic (exact) mass is 358 g/mol. The Balaban J connectivity index is 1.54. The summed E-state index contributed by atoms with van der Waals surface area (Å²) in [5, 5.41) is 4.91. The average molecular weight is 358 g/mol. The van der Waals surface area contributed by atoms with E-state index in [1.807, 2.05) is 22.4 Å². The molecule has 3 heterocycles. The van der Waals surface area contributed by atoms with E-state index in [-0.39, 0.29) is 17.9 Å². The van der Waals surface area contributed by atoms with Gasteiger partial charge in [-0.2, -0.15) is 0 Å². The number of rotatable bonds is 6. The predicted molar refractivity (Wildman–Crippen MR) is 95.9 cm³/mol. The molecule has 1 N–H and O–H groups in total. The highest BCUT2D eigenvalue weighted by Gasteiger charge is 2.29. The molecule has 1 saturated heterocycles. The molecule has 132 valence electrons. The lowest BCUT2D eigenvalue weighted by atomic mass is 10.1. The second kappa shape index (κ2) is 8.20.